The first-order valence-electron chi connectivity index (χ1n) is 9.05. The summed E-state index contributed by atoms with van der Waals surface area (Å²) in [5, 5.41) is 21.7. The van der Waals surface area contributed by atoms with Gasteiger partial charge >= 0.3 is 0 Å². The lowest BCUT2D eigenvalue weighted by molar-refractivity contribution is 0.474. The summed E-state index contributed by atoms with van der Waals surface area (Å²) in [5.74, 6) is 0.303. The van der Waals surface area contributed by atoms with Crippen molar-refractivity contribution >= 4 is 11.5 Å². The zero-order valence-corrected chi connectivity index (χ0v) is 16.5. The van der Waals surface area contributed by atoms with Crippen molar-refractivity contribution in [1.82, 2.24) is 19.7 Å². The van der Waals surface area contributed by atoms with Crippen molar-refractivity contribution in [2.24, 2.45) is 0 Å². The van der Waals surface area contributed by atoms with E-state index in [9.17, 15) is 4.39 Å². The average molecular weight is 394 g/mol. The third kappa shape index (κ3) is 4.31. The van der Waals surface area contributed by atoms with E-state index in [2.05, 4.69) is 15.1 Å². The minimum atomic E-state index is -0.366. The number of hydrogen-bond acceptors (Lipinski definition) is 6. The van der Waals surface area contributed by atoms with E-state index in [0.29, 0.717) is 28.6 Å². The number of halogens is 1. The number of aromatic nitrogens is 4. The van der Waals surface area contributed by atoms with Crippen molar-refractivity contribution in [1.29, 1.82) is 5.41 Å². The van der Waals surface area contributed by atoms with Crippen molar-refractivity contribution in [3.8, 4) is 11.5 Å². The van der Waals surface area contributed by atoms with Gasteiger partial charge in [0, 0.05) is 17.3 Å². The lowest BCUT2D eigenvalue weighted by Crippen LogP contribution is -2.16. The normalized spacial score (nSPS) is 11.9. The molecule has 150 valence electrons. The number of aliphatic hydroxyl groups excluding tert-OH is 1. The van der Waals surface area contributed by atoms with Crippen LogP contribution in [0.3, 0.4) is 0 Å². The van der Waals surface area contributed by atoms with Gasteiger partial charge in [-0.15, -0.1) is 0 Å². The molecule has 0 amide bonds. The monoisotopic (exact) mass is 394 g/mol. The van der Waals surface area contributed by atoms with Crippen LogP contribution in [-0.2, 0) is 12.0 Å². The predicted molar refractivity (Wildman–Crippen MR) is 110 cm³/mol. The van der Waals surface area contributed by atoms with Crippen LogP contribution < -0.4 is 5.73 Å². The minimum absolute atomic E-state index is 0.0156. The van der Waals surface area contributed by atoms with Crippen LogP contribution in [-0.4, -0.2) is 30.6 Å². The number of nitrogens with one attached hydrogen (secondary N) is 1. The molecule has 0 unspecified atom stereocenters. The van der Waals surface area contributed by atoms with E-state index in [1.807, 2.05) is 20.8 Å². The highest BCUT2D eigenvalue weighted by Gasteiger charge is 2.21. The average Bonchev–Trinajstić information content (AvgIpc) is 3.07. The van der Waals surface area contributed by atoms with E-state index in [0.717, 1.165) is 11.8 Å². The van der Waals surface area contributed by atoms with E-state index >= 15 is 0 Å². The van der Waals surface area contributed by atoms with Crippen LogP contribution >= 0.6 is 0 Å². The first-order chi connectivity index (χ1) is 13.7. The lowest BCUT2D eigenvalue weighted by Gasteiger charge is -2.19. The summed E-state index contributed by atoms with van der Waals surface area (Å²) in [6.07, 6.45) is 3.66. The summed E-state index contributed by atoms with van der Waals surface area (Å²) in [7, 11) is 0. The predicted octanol–water partition coefficient (Wildman–Crippen LogP) is 3.85. The van der Waals surface area contributed by atoms with E-state index < -0.39 is 0 Å². The van der Waals surface area contributed by atoms with Gasteiger partial charge in [0.2, 0.25) is 0 Å². The third-order valence-corrected chi connectivity index (χ3v) is 4.43. The highest BCUT2D eigenvalue weighted by atomic mass is 19.1. The highest BCUT2D eigenvalue weighted by molar-refractivity contribution is 6.05. The molecule has 0 spiro atoms. The number of anilines is 1. The molecule has 0 saturated carbocycles. The molecule has 2 aromatic heterocycles. The van der Waals surface area contributed by atoms with E-state index in [4.69, 9.17) is 16.2 Å². The molecule has 0 aliphatic rings. The molecule has 0 saturated heterocycles. The first-order valence-corrected chi connectivity index (χ1v) is 9.05. The van der Waals surface area contributed by atoms with Crippen LogP contribution in [0.4, 0.5) is 10.2 Å². The summed E-state index contributed by atoms with van der Waals surface area (Å²) in [5.41, 5.74) is 7.97. The fraction of sp³-hybridized carbons (Fsp3) is 0.238. The quantitative estimate of drug-likeness (QED) is 0.449. The Morgan fingerprint density at radius 3 is 2.66 bits per heavy atom. The van der Waals surface area contributed by atoms with Gasteiger partial charge in [-0.2, -0.15) is 5.10 Å². The number of nitrogen functional groups attached to an aromatic ring is 1. The fourth-order valence-corrected chi connectivity index (χ4v) is 2.91. The largest absolute Gasteiger partial charge is 0.516 e. The molecule has 7 nitrogen and oxygen atoms in total. The van der Waals surface area contributed by atoms with Gasteiger partial charge in [0.05, 0.1) is 24.2 Å². The van der Waals surface area contributed by atoms with Crippen molar-refractivity contribution in [3.05, 3.63) is 71.5 Å². The molecule has 3 rings (SSSR count). The Labute approximate surface area is 168 Å². The number of nitrogens with zero attached hydrogens (tertiary/aromatic N) is 4. The van der Waals surface area contributed by atoms with Crippen LogP contribution in [0.5, 0.6) is 0 Å². The minimum Gasteiger partial charge on any atom is -0.516 e. The first kappa shape index (κ1) is 20.2. The molecule has 0 aliphatic carbocycles. The Bertz CT molecular complexity index is 1080. The molecule has 2 heterocycles. The molecule has 0 fully saturated rings. The molecule has 0 bridgehead atoms. The lowest BCUT2D eigenvalue weighted by atomic mass is 9.88. The van der Waals surface area contributed by atoms with Crippen LogP contribution in [0, 0.1) is 11.2 Å². The smallest absolute Gasteiger partial charge is 0.182 e. The van der Waals surface area contributed by atoms with Gasteiger partial charge in [0.15, 0.2) is 5.82 Å². The maximum atomic E-state index is 14.1. The number of hydrogen-bond donors (Lipinski definition) is 3. The molecular formula is C21H23FN6O. The topological polar surface area (TPSA) is 114 Å². The molecule has 0 aliphatic heterocycles. The number of rotatable bonds is 5. The number of allylic oxidation sites excluding steroid dienone is 1. The maximum absolute atomic E-state index is 14.1. The number of nitrogens with two attached hydrogens (primary N) is 1. The van der Waals surface area contributed by atoms with E-state index in [-0.39, 0.29) is 23.5 Å². The Morgan fingerprint density at radius 1 is 1.31 bits per heavy atom. The zero-order chi connectivity index (χ0) is 21.2. The maximum Gasteiger partial charge on any atom is 0.182 e. The van der Waals surface area contributed by atoms with Crippen LogP contribution in [0.15, 0.2) is 48.9 Å². The molecule has 29 heavy (non-hydrogen) atoms. The van der Waals surface area contributed by atoms with Gasteiger partial charge in [-0.25, -0.2) is 14.4 Å². The second-order valence-electron chi connectivity index (χ2n) is 7.64. The van der Waals surface area contributed by atoms with Crippen molar-refractivity contribution in [2.75, 3.05) is 5.73 Å². The summed E-state index contributed by atoms with van der Waals surface area (Å²) >= 11 is 0. The van der Waals surface area contributed by atoms with Gasteiger partial charge in [0.1, 0.15) is 17.3 Å². The Balaban J connectivity index is 2.06. The molecule has 3 aromatic rings. The molecular weight excluding hydrogens is 371 g/mol. The second kappa shape index (κ2) is 7.83. The number of benzene rings is 1. The van der Waals surface area contributed by atoms with Gasteiger partial charge in [-0.1, -0.05) is 39.0 Å². The Morgan fingerprint density at radius 2 is 2.03 bits per heavy atom. The zero-order valence-electron chi connectivity index (χ0n) is 16.5. The SMILES string of the molecule is CC(C)(C)c1cnc(-c2cc(C(=N)/C=C\O)n(Cc3ccccc3F)n2)nc1N. The molecule has 0 radical (unpaired) electrons. The summed E-state index contributed by atoms with van der Waals surface area (Å²) in [4.78, 5) is 8.75. The molecule has 8 heteroatoms. The third-order valence-electron chi connectivity index (χ3n) is 4.43. The molecule has 1 aromatic carbocycles. The van der Waals surface area contributed by atoms with Crippen molar-refractivity contribution < 1.29 is 9.50 Å². The molecule has 4 N–H and O–H groups in total. The summed E-state index contributed by atoms with van der Waals surface area (Å²) in [6.45, 7) is 6.17. The standard InChI is InChI=1S/C21H23FN6O/c1-21(2,3)14-11-25-20(26-19(14)24)17-10-18(16(23)8-9-29)28(27-17)12-13-6-4-5-7-15(13)22/h4-11,23,29H,12H2,1-3H3,(H2,24,25,26)/b9-8-,23-16?. The number of aliphatic hydroxyl groups is 1. The summed E-state index contributed by atoms with van der Waals surface area (Å²) in [6, 6.07) is 7.98. The van der Waals surface area contributed by atoms with Crippen LogP contribution in [0.2, 0.25) is 0 Å². The van der Waals surface area contributed by atoms with Gasteiger partial charge in [-0.3, -0.25) is 10.1 Å². The Kier molecular flexibility index (Phi) is 5.45. The summed E-state index contributed by atoms with van der Waals surface area (Å²) < 4.78 is 15.6. The fourth-order valence-electron chi connectivity index (χ4n) is 2.91. The van der Waals surface area contributed by atoms with Gasteiger partial charge in [-0.05, 0) is 23.6 Å². The van der Waals surface area contributed by atoms with Gasteiger partial charge < -0.3 is 10.8 Å². The second-order valence-corrected chi connectivity index (χ2v) is 7.64. The molecule has 0 atom stereocenters. The highest BCUT2D eigenvalue weighted by Crippen LogP contribution is 2.27. The Hall–Kier alpha value is -3.55. The van der Waals surface area contributed by atoms with Crippen molar-refractivity contribution in [2.45, 2.75) is 32.7 Å². The van der Waals surface area contributed by atoms with E-state index in [1.54, 1.807) is 30.5 Å². The van der Waals surface area contributed by atoms with Crippen molar-refractivity contribution in [3.63, 3.8) is 0 Å². The van der Waals surface area contributed by atoms with E-state index in [1.165, 1.54) is 16.8 Å². The van der Waals surface area contributed by atoms with Crippen LogP contribution in [0.25, 0.3) is 11.5 Å². The van der Waals surface area contributed by atoms with Gasteiger partial charge in [0.25, 0.3) is 0 Å². The van der Waals surface area contributed by atoms with Crippen LogP contribution in [0.1, 0.15) is 37.6 Å².